The fraction of sp³-hybridized carbons (Fsp3) is 0.407. The molecule has 2 aliphatic rings. The van der Waals surface area contributed by atoms with Crippen molar-refractivity contribution in [3.8, 4) is 17.6 Å². The maximum Gasteiger partial charge on any atom is 0.201 e. The molecule has 1 nitrogen and oxygen atoms in total. The van der Waals surface area contributed by atoms with Gasteiger partial charge in [-0.1, -0.05) is 24.0 Å². The van der Waals surface area contributed by atoms with Crippen LogP contribution in [0.3, 0.4) is 0 Å². The summed E-state index contributed by atoms with van der Waals surface area (Å²) in [5.74, 6) is 5.04. The topological polar surface area (TPSA) is 9.23 Å². The van der Waals surface area contributed by atoms with Crippen molar-refractivity contribution in [2.45, 2.75) is 44.4 Å². The van der Waals surface area contributed by atoms with Crippen LogP contribution in [-0.2, 0) is 0 Å². The Morgan fingerprint density at radius 1 is 0.935 bits per heavy atom. The van der Waals surface area contributed by atoms with Crippen LogP contribution in [0.2, 0.25) is 0 Å². The predicted molar refractivity (Wildman–Crippen MR) is 116 cm³/mol. The van der Waals surface area contributed by atoms with Gasteiger partial charge in [-0.2, -0.15) is 4.39 Å². The minimum Gasteiger partial charge on any atom is -0.494 e. The summed E-state index contributed by atoms with van der Waals surface area (Å²) >= 11 is 0. The smallest absolute Gasteiger partial charge is 0.201 e. The molecular weight excluding hydrogens is 397 g/mol. The second kappa shape index (κ2) is 9.22. The summed E-state index contributed by atoms with van der Waals surface area (Å²) in [6, 6.07) is 7.66. The number of fused-ring (bicyclic) bond motifs is 1. The molecule has 2 aliphatic carbocycles. The zero-order chi connectivity index (χ0) is 22.0. The molecule has 4 rings (SSSR count). The van der Waals surface area contributed by atoms with Crippen molar-refractivity contribution in [1.29, 1.82) is 0 Å². The summed E-state index contributed by atoms with van der Waals surface area (Å²) in [5, 5.41) is 0. The SMILES string of the molecule is C=CC1CCC2CC(c3ccc(C#Cc4ccc(OC)c(F)c4F)cc3F)CCC2C1. The lowest BCUT2D eigenvalue weighted by molar-refractivity contribution is 0.132. The van der Waals surface area contributed by atoms with Crippen molar-refractivity contribution in [1.82, 2.24) is 0 Å². The van der Waals surface area contributed by atoms with E-state index in [1.165, 1.54) is 44.6 Å². The fourth-order valence-corrected chi connectivity index (χ4v) is 5.28. The van der Waals surface area contributed by atoms with Crippen LogP contribution >= 0.6 is 0 Å². The highest BCUT2D eigenvalue weighted by atomic mass is 19.2. The Kier molecular flexibility index (Phi) is 6.41. The third-order valence-corrected chi connectivity index (χ3v) is 7.04. The van der Waals surface area contributed by atoms with E-state index in [0.717, 1.165) is 30.7 Å². The van der Waals surface area contributed by atoms with Crippen LogP contribution in [-0.4, -0.2) is 7.11 Å². The van der Waals surface area contributed by atoms with Crippen LogP contribution in [0.25, 0.3) is 0 Å². The molecule has 4 heteroatoms. The first-order valence-electron chi connectivity index (χ1n) is 11.0. The molecule has 0 N–H and O–H groups in total. The highest BCUT2D eigenvalue weighted by Crippen LogP contribution is 2.48. The number of hydrogen-bond donors (Lipinski definition) is 0. The monoisotopic (exact) mass is 424 g/mol. The molecule has 0 aromatic heterocycles. The van der Waals surface area contributed by atoms with Gasteiger partial charge in [0.2, 0.25) is 5.82 Å². The molecule has 0 radical (unpaired) electrons. The Balaban J connectivity index is 1.48. The molecular formula is C27H27F3O. The molecule has 4 atom stereocenters. The van der Waals surface area contributed by atoms with Gasteiger partial charge >= 0.3 is 0 Å². The average molecular weight is 425 g/mol. The molecule has 4 unspecified atom stereocenters. The van der Waals surface area contributed by atoms with Gasteiger partial charge in [0.1, 0.15) is 5.82 Å². The van der Waals surface area contributed by atoms with Crippen molar-refractivity contribution in [2.24, 2.45) is 17.8 Å². The van der Waals surface area contributed by atoms with Gasteiger partial charge in [-0.05, 0) is 92.0 Å². The number of hydrogen-bond acceptors (Lipinski definition) is 1. The highest BCUT2D eigenvalue weighted by Gasteiger charge is 2.35. The molecule has 162 valence electrons. The lowest BCUT2D eigenvalue weighted by Gasteiger charge is -2.41. The minimum atomic E-state index is -1.08. The Bertz CT molecular complexity index is 1030. The molecule has 0 amide bonds. The summed E-state index contributed by atoms with van der Waals surface area (Å²) < 4.78 is 47.6. The Hall–Kier alpha value is -2.67. The maximum absolute atomic E-state index is 14.9. The Labute approximate surface area is 182 Å². The molecule has 2 fully saturated rings. The first kappa shape index (κ1) is 21.6. The summed E-state index contributed by atoms with van der Waals surface area (Å²) in [7, 11) is 1.27. The van der Waals surface area contributed by atoms with Crippen LogP contribution in [0.1, 0.15) is 61.1 Å². The number of ether oxygens (including phenoxy) is 1. The van der Waals surface area contributed by atoms with E-state index in [0.29, 0.717) is 17.4 Å². The molecule has 0 spiro atoms. The van der Waals surface area contributed by atoms with Crippen molar-refractivity contribution in [3.05, 3.63) is 77.1 Å². The van der Waals surface area contributed by atoms with Crippen molar-refractivity contribution < 1.29 is 17.9 Å². The number of rotatable bonds is 3. The van der Waals surface area contributed by atoms with Gasteiger partial charge in [0.05, 0.1) is 12.7 Å². The third-order valence-electron chi connectivity index (χ3n) is 7.04. The van der Waals surface area contributed by atoms with E-state index >= 15 is 0 Å². The van der Waals surface area contributed by atoms with Crippen molar-refractivity contribution in [2.75, 3.05) is 7.11 Å². The van der Waals surface area contributed by atoms with Gasteiger partial charge in [0.25, 0.3) is 0 Å². The molecule has 0 saturated heterocycles. The van der Waals surface area contributed by atoms with E-state index in [1.807, 2.05) is 6.07 Å². The zero-order valence-corrected chi connectivity index (χ0v) is 17.8. The van der Waals surface area contributed by atoms with Gasteiger partial charge in [-0.15, -0.1) is 6.58 Å². The summed E-state index contributed by atoms with van der Waals surface area (Å²) in [5.41, 5.74) is 1.10. The van der Waals surface area contributed by atoms with Gasteiger partial charge in [0, 0.05) is 5.56 Å². The number of allylic oxidation sites excluding steroid dienone is 1. The first-order chi connectivity index (χ1) is 15.0. The normalized spacial score (nSPS) is 25.2. The van der Waals surface area contributed by atoms with Crippen molar-refractivity contribution in [3.63, 3.8) is 0 Å². The standard InChI is InChI=1S/C27H27F3O/c1-3-17-4-8-21-16-22(10-9-20(21)14-17)23-12-6-18(15-24(23)28)5-7-19-11-13-25(31-2)27(30)26(19)29/h3,6,11-13,15,17,20-22H,1,4,8-10,14,16H2,2H3. The lowest BCUT2D eigenvalue weighted by atomic mass is 9.64. The van der Waals surface area contributed by atoms with Crippen LogP contribution in [0.4, 0.5) is 13.2 Å². The average Bonchev–Trinajstić information content (AvgIpc) is 2.79. The van der Waals surface area contributed by atoms with E-state index in [-0.39, 0.29) is 23.0 Å². The fourth-order valence-electron chi connectivity index (χ4n) is 5.28. The van der Waals surface area contributed by atoms with Crippen LogP contribution < -0.4 is 4.74 Å². The van der Waals surface area contributed by atoms with E-state index in [9.17, 15) is 13.2 Å². The summed E-state index contributed by atoms with van der Waals surface area (Å²) in [4.78, 5) is 0. The van der Waals surface area contributed by atoms with E-state index in [4.69, 9.17) is 4.74 Å². The predicted octanol–water partition coefficient (Wildman–Crippen LogP) is 7.00. The first-order valence-corrected chi connectivity index (χ1v) is 11.0. The minimum absolute atomic E-state index is 0.0868. The van der Waals surface area contributed by atoms with Gasteiger partial charge in [0.15, 0.2) is 11.6 Å². The number of methoxy groups -OCH3 is 1. The molecule has 0 aliphatic heterocycles. The molecule has 2 aromatic rings. The second-order valence-electron chi connectivity index (χ2n) is 8.77. The molecule has 31 heavy (non-hydrogen) atoms. The third kappa shape index (κ3) is 4.51. The van der Waals surface area contributed by atoms with Crippen LogP contribution in [0.15, 0.2) is 43.0 Å². The zero-order valence-electron chi connectivity index (χ0n) is 17.8. The highest BCUT2D eigenvalue weighted by molar-refractivity contribution is 5.46. The Morgan fingerprint density at radius 2 is 1.71 bits per heavy atom. The van der Waals surface area contributed by atoms with Gasteiger partial charge < -0.3 is 4.74 Å². The number of benzene rings is 2. The largest absolute Gasteiger partial charge is 0.494 e. The van der Waals surface area contributed by atoms with Crippen molar-refractivity contribution >= 4 is 0 Å². The Morgan fingerprint density at radius 3 is 2.45 bits per heavy atom. The lowest BCUT2D eigenvalue weighted by Crippen LogP contribution is -2.30. The number of halogens is 3. The van der Waals surface area contributed by atoms with Gasteiger partial charge in [-0.3, -0.25) is 0 Å². The molecule has 2 saturated carbocycles. The summed E-state index contributed by atoms with van der Waals surface area (Å²) in [6.45, 7) is 3.95. The molecule has 0 bridgehead atoms. The van der Waals surface area contributed by atoms with Gasteiger partial charge in [-0.25, -0.2) is 8.78 Å². The molecule has 0 heterocycles. The second-order valence-corrected chi connectivity index (χ2v) is 8.77. The van der Waals surface area contributed by atoms with Crippen LogP contribution in [0, 0.1) is 47.0 Å². The maximum atomic E-state index is 14.9. The van der Waals surface area contributed by atoms with E-state index in [2.05, 4.69) is 24.5 Å². The van der Waals surface area contributed by atoms with E-state index < -0.39 is 11.6 Å². The van der Waals surface area contributed by atoms with Crippen LogP contribution in [0.5, 0.6) is 5.75 Å². The quantitative estimate of drug-likeness (QED) is 0.381. The van der Waals surface area contributed by atoms with E-state index in [1.54, 1.807) is 6.07 Å². The summed E-state index contributed by atoms with van der Waals surface area (Å²) in [6.07, 6.45) is 8.89. The molecule has 2 aromatic carbocycles.